The maximum absolute atomic E-state index is 12.5. The minimum Gasteiger partial charge on any atom is -0.352 e. The van der Waals surface area contributed by atoms with Gasteiger partial charge in [-0.2, -0.15) is 0 Å². The molecule has 25 heavy (non-hydrogen) atoms. The molecule has 0 bridgehead atoms. The number of carbonyl (C=O) groups is 2. The van der Waals surface area contributed by atoms with Gasteiger partial charge in [-0.25, -0.2) is 0 Å². The van der Waals surface area contributed by atoms with Gasteiger partial charge in [0.05, 0.1) is 0 Å². The van der Waals surface area contributed by atoms with Crippen molar-refractivity contribution >= 4 is 11.7 Å². The average molecular weight is 346 g/mol. The SMILES string of the molecule is CC(=O)[C@H]1CC[C@H]2[C@@H]3CC[C@H]4NC(=O)C(C)(C)C[C@]4(C)[C@H]3CC[C@]12C. The predicted octanol–water partition coefficient (Wildman–Crippen LogP) is 4.35. The van der Waals surface area contributed by atoms with E-state index >= 15 is 0 Å². The molecule has 7 atom stereocenters. The summed E-state index contributed by atoms with van der Waals surface area (Å²) in [7, 11) is 0. The molecule has 0 aromatic carbocycles. The Morgan fingerprint density at radius 3 is 2.32 bits per heavy atom. The maximum atomic E-state index is 12.5. The molecule has 0 aromatic rings. The smallest absolute Gasteiger partial charge is 0.225 e. The molecule has 3 saturated carbocycles. The summed E-state index contributed by atoms with van der Waals surface area (Å²) in [6.45, 7) is 10.9. The lowest BCUT2D eigenvalue weighted by Gasteiger charge is -2.62. The summed E-state index contributed by atoms with van der Waals surface area (Å²) in [6.07, 6.45) is 8.13. The number of Topliss-reactive ketones (excluding diaryl/α,β-unsaturated/α-hetero) is 1. The molecule has 1 aliphatic heterocycles. The van der Waals surface area contributed by atoms with Gasteiger partial charge in [-0.05, 0) is 80.5 Å². The zero-order valence-corrected chi connectivity index (χ0v) is 16.7. The van der Waals surface area contributed by atoms with Crippen molar-refractivity contribution in [3.05, 3.63) is 0 Å². The fourth-order valence-corrected chi connectivity index (χ4v) is 8.00. The molecule has 0 unspecified atom stereocenters. The van der Waals surface area contributed by atoms with E-state index in [0.29, 0.717) is 23.7 Å². The van der Waals surface area contributed by atoms with Crippen LogP contribution in [0.4, 0.5) is 0 Å². The van der Waals surface area contributed by atoms with Crippen LogP contribution in [0.2, 0.25) is 0 Å². The van der Waals surface area contributed by atoms with E-state index in [9.17, 15) is 9.59 Å². The first kappa shape index (κ1) is 17.5. The second-order valence-corrected chi connectivity index (χ2v) is 10.8. The molecule has 1 saturated heterocycles. The first-order valence-electron chi connectivity index (χ1n) is 10.4. The van der Waals surface area contributed by atoms with Crippen molar-refractivity contribution in [3.8, 4) is 0 Å². The highest BCUT2D eigenvalue weighted by Gasteiger charge is 2.62. The number of hydrogen-bond acceptors (Lipinski definition) is 2. The lowest BCUT2D eigenvalue weighted by molar-refractivity contribution is -0.154. The third-order valence-corrected chi connectivity index (χ3v) is 9.10. The highest BCUT2D eigenvalue weighted by atomic mass is 16.2. The fraction of sp³-hybridized carbons (Fsp3) is 0.909. The largest absolute Gasteiger partial charge is 0.352 e. The quantitative estimate of drug-likeness (QED) is 0.768. The predicted molar refractivity (Wildman–Crippen MR) is 98.9 cm³/mol. The van der Waals surface area contributed by atoms with Crippen LogP contribution in [0.15, 0.2) is 0 Å². The second kappa shape index (κ2) is 5.33. The van der Waals surface area contributed by atoms with Crippen molar-refractivity contribution in [2.45, 2.75) is 85.6 Å². The number of nitrogens with one attached hydrogen (secondary N) is 1. The number of rotatable bonds is 1. The van der Waals surface area contributed by atoms with Crippen molar-refractivity contribution in [3.63, 3.8) is 0 Å². The van der Waals surface area contributed by atoms with Crippen LogP contribution in [0.25, 0.3) is 0 Å². The lowest BCUT2D eigenvalue weighted by atomic mass is 9.45. The molecule has 0 aromatic heterocycles. The molecule has 1 N–H and O–H groups in total. The molecule has 3 nitrogen and oxygen atoms in total. The van der Waals surface area contributed by atoms with Crippen molar-refractivity contribution < 1.29 is 9.59 Å². The molecule has 0 spiro atoms. The van der Waals surface area contributed by atoms with Crippen molar-refractivity contribution in [2.75, 3.05) is 0 Å². The summed E-state index contributed by atoms with van der Waals surface area (Å²) in [5, 5.41) is 3.39. The topological polar surface area (TPSA) is 46.2 Å². The molecule has 3 aliphatic carbocycles. The monoisotopic (exact) mass is 345 g/mol. The normalized spacial score (nSPS) is 51.1. The van der Waals surface area contributed by atoms with E-state index in [0.717, 1.165) is 25.2 Å². The Hall–Kier alpha value is -0.860. The van der Waals surface area contributed by atoms with E-state index in [1.54, 1.807) is 0 Å². The number of hydrogen-bond donors (Lipinski definition) is 1. The summed E-state index contributed by atoms with van der Waals surface area (Å²) in [6, 6.07) is 0.351. The molecule has 4 rings (SSSR count). The van der Waals surface area contributed by atoms with Crippen molar-refractivity contribution in [1.82, 2.24) is 5.32 Å². The van der Waals surface area contributed by atoms with Crippen molar-refractivity contribution in [1.29, 1.82) is 0 Å². The van der Waals surface area contributed by atoms with Crippen LogP contribution in [0.3, 0.4) is 0 Å². The Morgan fingerprint density at radius 1 is 0.960 bits per heavy atom. The van der Waals surface area contributed by atoms with Crippen LogP contribution >= 0.6 is 0 Å². The number of carbonyl (C=O) groups excluding carboxylic acids is 2. The molecule has 1 amide bonds. The molecule has 4 fully saturated rings. The van der Waals surface area contributed by atoms with Gasteiger partial charge in [0, 0.05) is 17.4 Å². The van der Waals surface area contributed by atoms with E-state index in [1.165, 1.54) is 25.7 Å². The Kier molecular flexibility index (Phi) is 3.74. The highest BCUT2D eigenvalue weighted by Crippen LogP contribution is 2.66. The van der Waals surface area contributed by atoms with E-state index in [2.05, 4.69) is 33.0 Å². The van der Waals surface area contributed by atoms with Gasteiger partial charge in [0.25, 0.3) is 0 Å². The van der Waals surface area contributed by atoms with Crippen LogP contribution in [0.1, 0.15) is 79.6 Å². The number of piperidine rings is 1. The average Bonchev–Trinajstić information content (AvgIpc) is 2.86. The summed E-state index contributed by atoms with van der Waals surface area (Å²) in [5.74, 6) is 3.09. The standard InChI is InChI=1S/C22H35NO2/c1-13(24)15-7-8-16-14-6-9-18-22(5,12-20(2,3)19(25)23-18)17(14)10-11-21(15,16)4/h14-18H,6-12H2,1-5H3,(H,23,25)/t14-,15+,16-,17-,18+,21+,22+/m0/s1. The zero-order chi connectivity index (χ0) is 18.2. The van der Waals surface area contributed by atoms with Crippen molar-refractivity contribution in [2.24, 2.45) is 39.9 Å². The molecular formula is C22H35NO2. The van der Waals surface area contributed by atoms with Gasteiger partial charge in [-0.3, -0.25) is 9.59 Å². The summed E-state index contributed by atoms with van der Waals surface area (Å²) >= 11 is 0. The highest BCUT2D eigenvalue weighted by molar-refractivity contribution is 5.83. The number of amides is 1. The number of ketones is 1. The Labute approximate surface area is 152 Å². The minimum absolute atomic E-state index is 0.218. The molecule has 1 heterocycles. The van der Waals surface area contributed by atoms with E-state index in [-0.39, 0.29) is 28.1 Å². The Balaban J connectivity index is 1.65. The summed E-state index contributed by atoms with van der Waals surface area (Å²) in [5.41, 5.74) is 0.186. The van der Waals surface area contributed by atoms with Gasteiger partial charge in [0.15, 0.2) is 0 Å². The third-order valence-electron chi connectivity index (χ3n) is 9.10. The summed E-state index contributed by atoms with van der Waals surface area (Å²) in [4.78, 5) is 24.7. The van der Waals surface area contributed by atoms with Crippen LogP contribution in [0, 0.1) is 39.9 Å². The maximum Gasteiger partial charge on any atom is 0.225 e. The van der Waals surface area contributed by atoms with Gasteiger partial charge in [-0.1, -0.05) is 27.7 Å². The minimum atomic E-state index is -0.258. The fourth-order valence-electron chi connectivity index (χ4n) is 8.00. The first-order chi connectivity index (χ1) is 11.6. The molecule has 4 aliphatic rings. The van der Waals surface area contributed by atoms with E-state index in [4.69, 9.17) is 0 Å². The molecular weight excluding hydrogens is 310 g/mol. The second-order valence-electron chi connectivity index (χ2n) is 10.8. The molecule has 140 valence electrons. The van der Waals surface area contributed by atoms with Crippen LogP contribution in [-0.4, -0.2) is 17.7 Å². The van der Waals surface area contributed by atoms with Gasteiger partial charge in [0.2, 0.25) is 5.91 Å². The van der Waals surface area contributed by atoms with E-state index in [1.807, 2.05) is 6.92 Å². The van der Waals surface area contributed by atoms with Gasteiger partial charge in [0.1, 0.15) is 5.78 Å². The zero-order valence-electron chi connectivity index (χ0n) is 16.7. The van der Waals surface area contributed by atoms with Gasteiger partial charge in [-0.15, -0.1) is 0 Å². The first-order valence-corrected chi connectivity index (χ1v) is 10.4. The molecule has 0 radical (unpaired) electrons. The summed E-state index contributed by atoms with van der Waals surface area (Å²) < 4.78 is 0. The Bertz CT molecular complexity index is 611. The van der Waals surface area contributed by atoms with Crippen LogP contribution < -0.4 is 5.32 Å². The van der Waals surface area contributed by atoms with E-state index < -0.39 is 0 Å². The lowest BCUT2D eigenvalue weighted by Crippen LogP contribution is -2.65. The van der Waals surface area contributed by atoms with Crippen LogP contribution in [0.5, 0.6) is 0 Å². The van der Waals surface area contributed by atoms with Gasteiger partial charge >= 0.3 is 0 Å². The van der Waals surface area contributed by atoms with Crippen LogP contribution in [-0.2, 0) is 9.59 Å². The third kappa shape index (κ3) is 2.29. The molecule has 3 heteroatoms. The van der Waals surface area contributed by atoms with Gasteiger partial charge < -0.3 is 5.32 Å². The number of fused-ring (bicyclic) bond motifs is 5. The Morgan fingerprint density at radius 2 is 1.64 bits per heavy atom.